The van der Waals surface area contributed by atoms with E-state index < -0.39 is 72.4 Å². The van der Waals surface area contributed by atoms with E-state index in [9.17, 15) is 53.7 Å². The number of hydrogen-bond donors (Lipinski definition) is 8. The lowest BCUT2D eigenvalue weighted by atomic mass is 9.95. The van der Waals surface area contributed by atoms with Crippen LogP contribution in [0.3, 0.4) is 0 Å². The number of aliphatic hydroxyl groups is 7. The molecule has 4 rings (SSSR count). The fraction of sp³-hybridized carbons (Fsp3) is 0.581. The second-order valence-electron chi connectivity index (χ2n) is 12.7. The summed E-state index contributed by atoms with van der Waals surface area (Å²) in [5, 5.41) is 78.2. The van der Waals surface area contributed by atoms with E-state index in [2.05, 4.69) is 10.1 Å². The molecule has 0 aromatic heterocycles. The maximum Gasteiger partial charge on any atom is 0.573 e. The number of alkyl halides is 3. The van der Waals surface area contributed by atoms with E-state index in [1.54, 1.807) is 24.3 Å². The SMILES string of the molecule is CC(C)Oc1ccc(CC(NC(=O)OC2C(O)(O)OC3OCCC32O)C(O)CN(Sc2ccc(OC(F)(F)F)cc2)C(O)(O)C(C)(C)O)cc1. The van der Waals surface area contributed by atoms with Crippen molar-refractivity contribution in [1.82, 2.24) is 9.62 Å². The summed E-state index contributed by atoms with van der Waals surface area (Å²) in [6, 6.07) is 9.52. The van der Waals surface area contributed by atoms with E-state index in [1.807, 2.05) is 13.8 Å². The molecule has 0 bridgehead atoms. The van der Waals surface area contributed by atoms with Gasteiger partial charge in [-0.15, -0.1) is 13.2 Å². The first-order chi connectivity index (χ1) is 23.0. The van der Waals surface area contributed by atoms with Crippen LogP contribution in [0.1, 0.15) is 39.7 Å². The Kier molecular flexibility index (Phi) is 11.9. The van der Waals surface area contributed by atoms with Crippen molar-refractivity contribution >= 4 is 18.0 Å². The maximum atomic E-state index is 13.2. The number of nitrogens with one attached hydrogen (secondary N) is 1. The highest BCUT2D eigenvalue weighted by molar-refractivity contribution is 7.97. The van der Waals surface area contributed by atoms with Gasteiger partial charge in [0.25, 0.3) is 5.91 Å². The van der Waals surface area contributed by atoms with Crippen molar-refractivity contribution in [3.63, 3.8) is 0 Å². The number of aliphatic hydroxyl groups excluding tert-OH is 1. The quantitative estimate of drug-likeness (QED) is 0.101. The molecule has 2 aromatic carbocycles. The fourth-order valence-corrected chi connectivity index (χ4v) is 6.26. The second kappa shape index (κ2) is 15.0. The summed E-state index contributed by atoms with van der Waals surface area (Å²) in [5.41, 5.74) is -3.84. The Morgan fingerprint density at radius 1 is 1.04 bits per heavy atom. The Balaban J connectivity index is 1.59. The number of benzene rings is 2. The van der Waals surface area contributed by atoms with Gasteiger partial charge in [-0.3, -0.25) is 4.74 Å². The average molecular weight is 739 g/mol. The van der Waals surface area contributed by atoms with Gasteiger partial charge in [0, 0.05) is 17.9 Å². The van der Waals surface area contributed by atoms with Crippen LogP contribution >= 0.6 is 11.9 Å². The van der Waals surface area contributed by atoms with Gasteiger partial charge in [0.1, 0.15) is 17.1 Å². The Morgan fingerprint density at radius 2 is 1.64 bits per heavy atom. The molecule has 19 heteroatoms. The number of ether oxygens (including phenoxy) is 5. The van der Waals surface area contributed by atoms with Crippen LogP contribution in [0.4, 0.5) is 18.0 Å². The number of alkyl carbamates (subject to hydrolysis) is 1. The van der Waals surface area contributed by atoms with Crippen molar-refractivity contribution in [2.75, 3.05) is 13.2 Å². The Labute approximate surface area is 289 Å². The van der Waals surface area contributed by atoms with Gasteiger partial charge in [0.15, 0.2) is 11.9 Å². The van der Waals surface area contributed by atoms with Gasteiger partial charge in [-0.05, 0) is 88.0 Å². The van der Waals surface area contributed by atoms with E-state index in [4.69, 9.17) is 18.9 Å². The van der Waals surface area contributed by atoms with Gasteiger partial charge in [0.2, 0.25) is 6.10 Å². The third-order valence-electron chi connectivity index (χ3n) is 7.79. The Morgan fingerprint density at radius 3 is 2.20 bits per heavy atom. The lowest BCUT2D eigenvalue weighted by Crippen LogP contribution is -2.62. The minimum absolute atomic E-state index is 0.0343. The van der Waals surface area contributed by atoms with Crippen molar-refractivity contribution in [1.29, 1.82) is 0 Å². The van der Waals surface area contributed by atoms with E-state index >= 15 is 0 Å². The molecule has 0 saturated carbocycles. The summed E-state index contributed by atoms with van der Waals surface area (Å²) >= 11 is 0.550. The molecular weight excluding hydrogens is 697 g/mol. The minimum atomic E-state index is -4.95. The average Bonchev–Trinajstić information content (AvgIpc) is 3.42. The summed E-state index contributed by atoms with van der Waals surface area (Å²) in [5.74, 6) is -6.24. The van der Waals surface area contributed by atoms with Crippen molar-refractivity contribution in [2.45, 2.75) is 106 Å². The lowest BCUT2D eigenvalue weighted by molar-refractivity contribution is -0.372. The van der Waals surface area contributed by atoms with Crippen LogP contribution in [0.2, 0.25) is 0 Å². The predicted octanol–water partition coefficient (Wildman–Crippen LogP) is 1.30. The number of halogens is 3. The van der Waals surface area contributed by atoms with Gasteiger partial charge in [-0.25, -0.2) is 4.79 Å². The summed E-state index contributed by atoms with van der Waals surface area (Å²) < 4.78 is 63.5. The molecule has 1 amide bonds. The number of fused-ring (bicyclic) bond motifs is 1. The first-order valence-corrected chi connectivity index (χ1v) is 16.1. The van der Waals surface area contributed by atoms with Crippen molar-refractivity contribution in [3.05, 3.63) is 54.1 Å². The molecule has 280 valence electrons. The maximum absolute atomic E-state index is 13.2. The Hall–Kier alpha value is -2.95. The van der Waals surface area contributed by atoms with Crippen LogP contribution in [0.5, 0.6) is 11.5 Å². The van der Waals surface area contributed by atoms with Gasteiger partial charge in [-0.2, -0.15) is 4.31 Å². The summed E-state index contributed by atoms with van der Waals surface area (Å²) in [6.45, 7) is 5.04. The predicted molar refractivity (Wildman–Crippen MR) is 166 cm³/mol. The lowest BCUT2D eigenvalue weighted by Gasteiger charge is -2.43. The first-order valence-electron chi connectivity index (χ1n) is 15.4. The number of rotatable bonds is 14. The summed E-state index contributed by atoms with van der Waals surface area (Å²) in [6.07, 6.45) is -12.0. The van der Waals surface area contributed by atoms with Crippen LogP contribution in [0.25, 0.3) is 0 Å². The van der Waals surface area contributed by atoms with Crippen LogP contribution in [-0.4, -0.2) is 119 Å². The first kappa shape index (κ1) is 39.8. The molecule has 2 aromatic rings. The highest BCUT2D eigenvalue weighted by atomic mass is 32.2. The zero-order valence-electron chi connectivity index (χ0n) is 27.4. The fourth-order valence-electron chi connectivity index (χ4n) is 5.17. The van der Waals surface area contributed by atoms with E-state index in [-0.39, 0.29) is 30.4 Å². The van der Waals surface area contributed by atoms with E-state index in [0.717, 1.165) is 30.3 Å². The molecular formula is C31H41F3N2O13S. The molecule has 0 aliphatic carbocycles. The standard InChI is InChI=1S/C31H41F3N2O13S/c1-17(2)46-19-7-5-18(6-8-19)15-22(35-26(38)47-24-28(40)13-14-45-25(28)49-29(24,41)42)23(37)16-36(30(43,44)27(3,4)39)50-21-11-9-20(10-12-21)48-31(32,33)34/h5-12,17,22-25,37,39-44H,13-16H2,1-4H3,(H,35,38). The topological polar surface area (TPSA) is 220 Å². The number of carbonyl (C=O) groups is 1. The molecule has 2 aliphatic rings. The number of nitrogens with zero attached hydrogens (tertiary/aromatic N) is 1. The van der Waals surface area contributed by atoms with Crippen LogP contribution in [0.15, 0.2) is 53.4 Å². The molecule has 0 radical (unpaired) electrons. The van der Waals surface area contributed by atoms with Gasteiger partial charge < -0.3 is 60.0 Å². The molecule has 5 unspecified atom stereocenters. The highest BCUT2D eigenvalue weighted by Gasteiger charge is 2.68. The van der Waals surface area contributed by atoms with Gasteiger partial charge >= 0.3 is 18.4 Å². The third-order valence-corrected chi connectivity index (χ3v) is 8.90. The molecule has 0 spiro atoms. The van der Waals surface area contributed by atoms with Crippen LogP contribution in [0, 0.1) is 0 Å². The molecule has 2 saturated heterocycles. The molecule has 5 atom stereocenters. The zero-order chi connectivity index (χ0) is 37.3. The second-order valence-corrected chi connectivity index (χ2v) is 13.8. The zero-order valence-corrected chi connectivity index (χ0v) is 28.2. The number of amides is 1. The van der Waals surface area contributed by atoms with Gasteiger partial charge in [-0.1, -0.05) is 12.1 Å². The monoisotopic (exact) mass is 738 g/mol. The largest absolute Gasteiger partial charge is 0.573 e. The smallest absolute Gasteiger partial charge is 0.491 e. The molecule has 2 heterocycles. The van der Waals surface area contributed by atoms with Crippen LogP contribution in [-0.2, 0) is 20.6 Å². The highest BCUT2D eigenvalue weighted by Crippen LogP contribution is 2.44. The molecule has 2 fully saturated rings. The summed E-state index contributed by atoms with van der Waals surface area (Å²) in [7, 11) is 0. The molecule has 8 N–H and O–H groups in total. The molecule has 50 heavy (non-hydrogen) atoms. The minimum Gasteiger partial charge on any atom is -0.491 e. The number of hydrogen-bond acceptors (Lipinski definition) is 15. The van der Waals surface area contributed by atoms with Crippen LogP contribution < -0.4 is 14.8 Å². The van der Waals surface area contributed by atoms with Crippen molar-refractivity contribution in [3.8, 4) is 11.5 Å². The van der Waals surface area contributed by atoms with E-state index in [1.165, 1.54) is 12.1 Å². The third kappa shape index (κ3) is 9.68. The van der Waals surface area contributed by atoms with Crippen molar-refractivity contribution in [2.24, 2.45) is 0 Å². The molecule has 2 aliphatic heterocycles. The van der Waals surface area contributed by atoms with Crippen molar-refractivity contribution < 1.29 is 77.4 Å². The molecule has 15 nitrogen and oxygen atoms in total. The normalized spacial score (nSPS) is 23.4. The van der Waals surface area contributed by atoms with E-state index in [0.29, 0.717) is 23.3 Å². The van der Waals surface area contributed by atoms with Gasteiger partial charge in [0.05, 0.1) is 24.9 Å². The Bertz CT molecular complexity index is 1440. The number of carbonyl (C=O) groups excluding carboxylic acids is 1. The summed E-state index contributed by atoms with van der Waals surface area (Å²) in [4.78, 5) is 13.4.